The van der Waals surface area contributed by atoms with Crippen LogP contribution in [0, 0.1) is 5.92 Å². The van der Waals surface area contributed by atoms with Gasteiger partial charge >= 0.3 is 0 Å². The van der Waals surface area contributed by atoms with Gasteiger partial charge in [-0.2, -0.15) is 0 Å². The van der Waals surface area contributed by atoms with E-state index in [9.17, 15) is 0 Å². The molecular formula is C20H40O. The normalized spacial score (nSPS) is 14.1. The average molecular weight is 297 g/mol. The van der Waals surface area contributed by atoms with Crippen molar-refractivity contribution < 1.29 is 4.74 Å². The van der Waals surface area contributed by atoms with E-state index in [2.05, 4.69) is 34.3 Å². The van der Waals surface area contributed by atoms with Crippen molar-refractivity contribution in [1.82, 2.24) is 0 Å². The molecule has 21 heavy (non-hydrogen) atoms. The topological polar surface area (TPSA) is 9.23 Å². The molecule has 2 unspecified atom stereocenters. The number of unbranched alkanes of at least 4 members (excludes halogenated alkanes) is 9. The molecule has 1 heteroatoms. The van der Waals surface area contributed by atoms with Crippen LogP contribution in [0.5, 0.6) is 0 Å². The van der Waals surface area contributed by atoms with Crippen molar-refractivity contribution in [1.29, 1.82) is 0 Å². The van der Waals surface area contributed by atoms with Gasteiger partial charge in [-0.15, -0.1) is 0 Å². The van der Waals surface area contributed by atoms with Crippen molar-refractivity contribution in [3.63, 3.8) is 0 Å². The molecule has 0 aromatic heterocycles. The summed E-state index contributed by atoms with van der Waals surface area (Å²) in [6.07, 6.45) is 15.2. The van der Waals surface area contributed by atoms with Gasteiger partial charge in [0, 0.05) is 6.61 Å². The summed E-state index contributed by atoms with van der Waals surface area (Å²) < 4.78 is 5.90. The summed E-state index contributed by atoms with van der Waals surface area (Å²) in [7, 11) is 0. The highest BCUT2D eigenvalue weighted by molar-refractivity contribution is 5.04. The Balaban J connectivity index is 3.30. The summed E-state index contributed by atoms with van der Waals surface area (Å²) in [6.45, 7) is 13.9. The molecule has 0 spiro atoms. The van der Waals surface area contributed by atoms with E-state index in [0.717, 1.165) is 13.0 Å². The van der Waals surface area contributed by atoms with Gasteiger partial charge < -0.3 is 4.74 Å². The Morgan fingerprint density at radius 2 is 1.29 bits per heavy atom. The van der Waals surface area contributed by atoms with Crippen LogP contribution in [-0.4, -0.2) is 12.7 Å². The molecule has 0 aliphatic heterocycles. The minimum absolute atomic E-state index is 0.221. The minimum atomic E-state index is 0.221. The third kappa shape index (κ3) is 12.0. The van der Waals surface area contributed by atoms with Crippen molar-refractivity contribution in [3.8, 4) is 0 Å². The molecule has 0 fully saturated rings. The van der Waals surface area contributed by atoms with Crippen LogP contribution < -0.4 is 0 Å². The molecule has 1 nitrogen and oxygen atoms in total. The van der Waals surface area contributed by atoms with Gasteiger partial charge in [0.05, 0.1) is 6.10 Å². The molecule has 0 radical (unpaired) electrons. The molecule has 0 aliphatic rings. The number of rotatable bonds is 15. The maximum absolute atomic E-state index is 5.90. The standard InChI is InChI=1S/C20H40O/c1-6-8-9-10-11-12-13-14-15-16-17-21-20(5)19(4)18(3)7-2/h18,20H,4,6-17H2,1-3,5H3. The first-order valence-electron chi connectivity index (χ1n) is 9.43. The zero-order chi connectivity index (χ0) is 15.9. The van der Waals surface area contributed by atoms with Crippen molar-refractivity contribution in [2.24, 2.45) is 5.92 Å². The van der Waals surface area contributed by atoms with Gasteiger partial charge in [-0.1, -0.05) is 85.1 Å². The highest BCUT2D eigenvalue weighted by atomic mass is 16.5. The molecule has 126 valence electrons. The first kappa shape index (κ1) is 20.7. The van der Waals surface area contributed by atoms with Gasteiger partial charge in [-0.05, 0) is 31.3 Å². The monoisotopic (exact) mass is 296 g/mol. The SMILES string of the molecule is C=C(C(C)CC)C(C)OCCCCCCCCCCCC. The Kier molecular flexibility index (Phi) is 14.4. The molecular weight excluding hydrogens is 256 g/mol. The largest absolute Gasteiger partial charge is 0.374 e. The van der Waals surface area contributed by atoms with Crippen LogP contribution in [0.1, 0.15) is 98.3 Å². The van der Waals surface area contributed by atoms with Crippen LogP contribution >= 0.6 is 0 Å². The fourth-order valence-corrected chi connectivity index (χ4v) is 2.62. The molecule has 0 rings (SSSR count). The van der Waals surface area contributed by atoms with E-state index >= 15 is 0 Å². The molecule has 0 saturated carbocycles. The lowest BCUT2D eigenvalue weighted by atomic mass is 9.96. The zero-order valence-corrected chi connectivity index (χ0v) is 15.3. The van der Waals surface area contributed by atoms with Gasteiger partial charge in [-0.3, -0.25) is 0 Å². The summed E-state index contributed by atoms with van der Waals surface area (Å²) in [5, 5.41) is 0. The van der Waals surface area contributed by atoms with Gasteiger partial charge in [0.15, 0.2) is 0 Å². The Morgan fingerprint density at radius 3 is 1.76 bits per heavy atom. The fraction of sp³-hybridized carbons (Fsp3) is 0.900. The molecule has 0 N–H and O–H groups in total. The second-order valence-corrected chi connectivity index (χ2v) is 6.58. The average Bonchev–Trinajstić information content (AvgIpc) is 2.50. The lowest BCUT2D eigenvalue weighted by Gasteiger charge is -2.20. The second kappa shape index (κ2) is 14.6. The van der Waals surface area contributed by atoms with Gasteiger partial charge in [-0.25, -0.2) is 0 Å². The van der Waals surface area contributed by atoms with E-state index in [-0.39, 0.29) is 6.10 Å². The van der Waals surface area contributed by atoms with Gasteiger partial charge in [0.1, 0.15) is 0 Å². The van der Waals surface area contributed by atoms with Crippen LogP contribution in [0.2, 0.25) is 0 Å². The smallest absolute Gasteiger partial charge is 0.0756 e. The number of ether oxygens (including phenoxy) is 1. The summed E-state index contributed by atoms with van der Waals surface area (Å²) in [6, 6.07) is 0. The maximum atomic E-state index is 5.90. The summed E-state index contributed by atoms with van der Waals surface area (Å²) >= 11 is 0. The predicted octanol–water partition coefficient (Wildman–Crippen LogP) is 6.91. The molecule has 0 heterocycles. The van der Waals surface area contributed by atoms with E-state index in [1.54, 1.807) is 0 Å². The Labute approximate surface area is 134 Å². The molecule has 0 amide bonds. The predicted molar refractivity (Wildman–Crippen MR) is 95.9 cm³/mol. The Hall–Kier alpha value is -0.300. The van der Waals surface area contributed by atoms with E-state index in [0.29, 0.717) is 5.92 Å². The third-order valence-electron chi connectivity index (χ3n) is 4.63. The summed E-state index contributed by atoms with van der Waals surface area (Å²) in [5.41, 5.74) is 1.25. The molecule has 0 aromatic rings. The lowest BCUT2D eigenvalue weighted by Crippen LogP contribution is -2.16. The molecule has 0 aromatic carbocycles. The van der Waals surface area contributed by atoms with E-state index < -0.39 is 0 Å². The van der Waals surface area contributed by atoms with Crippen molar-refractivity contribution in [2.75, 3.05) is 6.61 Å². The van der Waals surface area contributed by atoms with Gasteiger partial charge in [0.25, 0.3) is 0 Å². The van der Waals surface area contributed by atoms with Crippen LogP contribution in [-0.2, 0) is 4.74 Å². The fourth-order valence-electron chi connectivity index (χ4n) is 2.62. The second-order valence-electron chi connectivity index (χ2n) is 6.58. The van der Waals surface area contributed by atoms with Crippen LogP contribution in [0.4, 0.5) is 0 Å². The Bertz CT molecular complexity index is 234. The first-order chi connectivity index (χ1) is 10.1. The summed E-state index contributed by atoms with van der Waals surface area (Å²) in [4.78, 5) is 0. The van der Waals surface area contributed by atoms with Gasteiger partial charge in [0.2, 0.25) is 0 Å². The zero-order valence-electron chi connectivity index (χ0n) is 15.3. The Morgan fingerprint density at radius 1 is 0.810 bits per heavy atom. The van der Waals surface area contributed by atoms with Crippen molar-refractivity contribution in [2.45, 2.75) is 104 Å². The van der Waals surface area contributed by atoms with E-state index in [1.807, 2.05) is 0 Å². The highest BCUT2D eigenvalue weighted by Crippen LogP contribution is 2.18. The van der Waals surface area contributed by atoms with Crippen LogP contribution in [0.15, 0.2) is 12.2 Å². The third-order valence-corrected chi connectivity index (χ3v) is 4.63. The number of hydrogen-bond donors (Lipinski definition) is 0. The highest BCUT2D eigenvalue weighted by Gasteiger charge is 2.12. The maximum Gasteiger partial charge on any atom is 0.0756 e. The van der Waals surface area contributed by atoms with E-state index in [4.69, 9.17) is 4.74 Å². The van der Waals surface area contributed by atoms with Crippen LogP contribution in [0.25, 0.3) is 0 Å². The summed E-state index contributed by atoms with van der Waals surface area (Å²) in [5.74, 6) is 0.577. The van der Waals surface area contributed by atoms with Crippen molar-refractivity contribution in [3.05, 3.63) is 12.2 Å². The number of hydrogen-bond acceptors (Lipinski definition) is 1. The lowest BCUT2D eigenvalue weighted by molar-refractivity contribution is 0.0804. The van der Waals surface area contributed by atoms with E-state index in [1.165, 1.54) is 69.8 Å². The molecule has 2 atom stereocenters. The van der Waals surface area contributed by atoms with Crippen molar-refractivity contribution >= 4 is 0 Å². The molecule has 0 saturated heterocycles. The quantitative estimate of drug-likeness (QED) is 0.235. The van der Waals surface area contributed by atoms with Crippen LogP contribution in [0.3, 0.4) is 0 Å². The molecule has 0 bridgehead atoms. The molecule has 0 aliphatic carbocycles. The minimum Gasteiger partial charge on any atom is -0.374 e. The first-order valence-corrected chi connectivity index (χ1v) is 9.43.